The van der Waals surface area contributed by atoms with Crippen LogP contribution in [0.4, 0.5) is 0 Å². The SMILES string of the molecule is COC1CN(CC(N)c2cc(C)ccc2C)CCC1C. The molecule has 1 fully saturated rings. The zero-order valence-corrected chi connectivity index (χ0v) is 13.2. The van der Waals surface area contributed by atoms with Gasteiger partial charge in [0.25, 0.3) is 0 Å². The molecule has 3 atom stereocenters. The predicted octanol–water partition coefficient (Wildman–Crippen LogP) is 2.66. The molecule has 1 aliphatic rings. The van der Waals surface area contributed by atoms with Crippen LogP contribution in [0, 0.1) is 19.8 Å². The van der Waals surface area contributed by atoms with E-state index in [1.54, 1.807) is 0 Å². The maximum absolute atomic E-state index is 6.43. The molecule has 1 aromatic carbocycles. The minimum absolute atomic E-state index is 0.0841. The van der Waals surface area contributed by atoms with E-state index in [2.05, 4.69) is 43.9 Å². The quantitative estimate of drug-likeness (QED) is 0.919. The first-order valence-electron chi connectivity index (χ1n) is 7.59. The predicted molar refractivity (Wildman–Crippen MR) is 83.9 cm³/mol. The summed E-state index contributed by atoms with van der Waals surface area (Å²) in [6, 6.07) is 6.62. The molecule has 3 unspecified atom stereocenters. The largest absolute Gasteiger partial charge is 0.380 e. The van der Waals surface area contributed by atoms with E-state index in [-0.39, 0.29) is 6.04 Å². The Morgan fingerprint density at radius 3 is 2.85 bits per heavy atom. The van der Waals surface area contributed by atoms with Crippen molar-refractivity contribution in [3.05, 3.63) is 34.9 Å². The first kappa shape index (κ1) is 15.5. The van der Waals surface area contributed by atoms with Crippen LogP contribution in [0.25, 0.3) is 0 Å². The molecule has 1 aromatic rings. The number of hydrogen-bond acceptors (Lipinski definition) is 3. The monoisotopic (exact) mass is 276 g/mol. The van der Waals surface area contributed by atoms with E-state index in [4.69, 9.17) is 10.5 Å². The molecule has 0 amide bonds. The molecule has 3 nitrogen and oxygen atoms in total. The van der Waals surface area contributed by atoms with Crippen molar-refractivity contribution in [1.82, 2.24) is 4.90 Å². The molecular weight excluding hydrogens is 248 g/mol. The van der Waals surface area contributed by atoms with Crippen LogP contribution in [0.1, 0.15) is 36.1 Å². The number of rotatable bonds is 4. The highest BCUT2D eigenvalue weighted by atomic mass is 16.5. The van der Waals surface area contributed by atoms with E-state index >= 15 is 0 Å². The second-order valence-electron chi connectivity index (χ2n) is 6.27. The third-order valence-corrected chi connectivity index (χ3v) is 4.57. The summed E-state index contributed by atoms with van der Waals surface area (Å²) < 4.78 is 5.58. The van der Waals surface area contributed by atoms with Gasteiger partial charge >= 0.3 is 0 Å². The molecule has 0 saturated carbocycles. The molecule has 1 aliphatic heterocycles. The number of ether oxygens (including phenoxy) is 1. The lowest BCUT2D eigenvalue weighted by molar-refractivity contribution is -0.00645. The summed E-state index contributed by atoms with van der Waals surface area (Å²) in [5, 5.41) is 0. The second-order valence-corrected chi connectivity index (χ2v) is 6.27. The molecule has 112 valence electrons. The van der Waals surface area contributed by atoms with E-state index in [0.717, 1.165) is 19.6 Å². The zero-order chi connectivity index (χ0) is 14.7. The lowest BCUT2D eigenvalue weighted by atomic mass is 9.94. The Morgan fingerprint density at radius 2 is 2.15 bits per heavy atom. The molecule has 2 N–H and O–H groups in total. The molecule has 0 spiro atoms. The lowest BCUT2D eigenvalue weighted by Gasteiger charge is -2.37. The number of nitrogens with zero attached hydrogens (tertiary/aromatic N) is 1. The molecule has 0 radical (unpaired) electrons. The molecule has 2 rings (SSSR count). The van der Waals surface area contributed by atoms with Crippen LogP contribution in [0.5, 0.6) is 0 Å². The van der Waals surface area contributed by atoms with Gasteiger partial charge in [-0.2, -0.15) is 0 Å². The van der Waals surface area contributed by atoms with Crippen LogP contribution < -0.4 is 5.73 Å². The Kier molecular flexibility index (Phi) is 5.19. The van der Waals surface area contributed by atoms with Crippen molar-refractivity contribution in [2.75, 3.05) is 26.7 Å². The first-order chi connectivity index (χ1) is 9.51. The van der Waals surface area contributed by atoms with Crippen molar-refractivity contribution in [2.45, 2.75) is 39.3 Å². The fraction of sp³-hybridized carbons (Fsp3) is 0.647. The molecule has 0 aromatic heterocycles. The summed E-state index contributed by atoms with van der Waals surface area (Å²) in [5.74, 6) is 0.646. The second kappa shape index (κ2) is 6.70. The van der Waals surface area contributed by atoms with Gasteiger partial charge in [0.1, 0.15) is 0 Å². The molecule has 20 heavy (non-hydrogen) atoms. The zero-order valence-electron chi connectivity index (χ0n) is 13.2. The minimum atomic E-state index is 0.0841. The van der Waals surface area contributed by atoms with Gasteiger partial charge in [-0.15, -0.1) is 0 Å². The van der Waals surface area contributed by atoms with Gasteiger partial charge < -0.3 is 10.5 Å². The molecule has 1 heterocycles. The van der Waals surface area contributed by atoms with Gasteiger partial charge in [0.15, 0.2) is 0 Å². The summed E-state index contributed by atoms with van der Waals surface area (Å²) in [4.78, 5) is 2.45. The first-order valence-corrected chi connectivity index (χ1v) is 7.59. The van der Waals surface area contributed by atoms with Crippen molar-refractivity contribution in [1.29, 1.82) is 0 Å². The smallest absolute Gasteiger partial charge is 0.0724 e. The van der Waals surface area contributed by atoms with Gasteiger partial charge in [-0.1, -0.05) is 30.7 Å². The molecule has 3 heteroatoms. The molecule has 0 bridgehead atoms. The maximum atomic E-state index is 6.43. The summed E-state index contributed by atoms with van der Waals surface area (Å²) in [6.45, 7) is 9.58. The Hall–Kier alpha value is -0.900. The highest BCUT2D eigenvalue weighted by Gasteiger charge is 2.27. The van der Waals surface area contributed by atoms with Crippen LogP contribution in [0.2, 0.25) is 0 Å². The van der Waals surface area contributed by atoms with Crippen molar-refractivity contribution in [2.24, 2.45) is 11.7 Å². The van der Waals surface area contributed by atoms with Crippen LogP contribution in [0.3, 0.4) is 0 Å². The van der Waals surface area contributed by atoms with E-state index in [0.29, 0.717) is 12.0 Å². The van der Waals surface area contributed by atoms with E-state index in [9.17, 15) is 0 Å². The van der Waals surface area contributed by atoms with Crippen LogP contribution in [-0.4, -0.2) is 37.7 Å². The Bertz CT molecular complexity index is 447. The van der Waals surface area contributed by atoms with Crippen molar-refractivity contribution in [3.63, 3.8) is 0 Å². The summed E-state index contributed by atoms with van der Waals surface area (Å²) in [6.07, 6.45) is 1.53. The summed E-state index contributed by atoms with van der Waals surface area (Å²) in [7, 11) is 1.81. The van der Waals surface area contributed by atoms with Crippen LogP contribution in [-0.2, 0) is 4.74 Å². The third kappa shape index (κ3) is 3.60. The molecule has 0 aliphatic carbocycles. The number of hydrogen-bond donors (Lipinski definition) is 1. The van der Waals surface area contributed by atoms with E-state index < -0.39 is 0 Å². The number of aryl methyl sites for hydroxylation is 2. The van der Waals surface area contributed by atoms with Gasteiger partial charge in [-0.05, 0) is 43.9 Å². The number of methoxy groups -OCH3 is 1. The topological polar surface area (TPSA) is 38.5 Å². The number of nitrogens with two attached hydrogens (primary N) is 1. The highest BCUT2D eigenvalue weighted by molar-refractivity contribution is 5.33. The van der Waals surface area contributed by atoms with Crippen LogP contribution in [0.15, 0.2) is 18.2 Å². The number of likely N-dealkylation sites (tertiary alicyclic amines) is 1. The van der Waals surface area contributed by atoms with Gasteiger partial charge in [0.2, 0.25) is 0 Å². The third-order valence-electron chi connectivity index (χ3n) is 4.57. The number of piperidine rings is 1. The minimum Gasteiger partial charge on any atom is -0.380 e. The van der Waals surface area contributed by atoms with Gasteiger partial charge in [-0.3, -0.25) is 4.90 Å². The number of benzene rings is 1. The van der Waals surface area contributed by atoms with Crippen LogP contribution >= 0.6 is 0 Å². The van der Waals surface area contributed by atoms with Crippen molar-refractivity contribution < 1.29 is 4.74 Å². The van der Waals surface area contributed by atoms with Gasteiger partial charge in [-0.25, -0.2) is 0 Å². The fourth-order valence-electron chi connectivity index (χ4n) is 3.11. The van der Waals surface area contributed by atoms with Gasteiger partial charge in [0.05, 0.1) is 6.10 Å². The molecular formula is C17H28N2O. The maximum Gasteiger partial charge on any atom is 0.0724 e. The highest BCUT2D eigenvalue weighted by Crippen LogP contribution is 2.23. The van der Waals surface area contributed by atoms with Crippen molar-refractivity contribution in [3.8, 4) is 0 Å². The Balaban J connectivity index is 2.01. The lowest BCUT2D eigenvalue weighted by Crippen LogP contribution is -2.46. The summed E-state index contributed by atoms with van der Waals surface area (Å²) >= 11 is 0. The van der Waals surface area contributed by atoms with E-state index in [1.807, 2.05) is 7.11 Å². The Morgan fingerprint density at radius 1 is 1.40 bits per heavy atom. The normalized spacial score (nSPS) is 25.6. The fourth-order valence-corrected chi connectivity index (χ4v) is 3.11. The average molecular weight is 276 g/mol. The van der Waals surface area contributed by atoms with Gasteiger partial charge in [0, 0.05) is 26.2 Å². The average Bonchev–Trinajstić information content (AvgIpc) is 2.43. The standard InChI is InChI=1S/C17H28N2O/c1-12-5-6-13(2)15(9-12)16(18)10-19-8-7-14(3)17(11-19)20-4/h5-6,9,14,16-17H,7-8,10-11,18H2,1-4H3. The van der Waals surface area contributed by atoms with E-state index in [1.165, 1.54) is 23.1 Å². The van der Waals surface area contributed by atoms with Crippen molar-refractivity contribution >= 4 is 0 Å². The summed E-state index contributed by atoms with van der Waals surface area (Å²) in [5.41, 5.74) is 10.3. The molecule has 1 saturated heterocycles. The Labute approximate surface area is 123 Å².